The molecule has 0 saturated carbocycles. The van der Waals surface area contributed by atoms with Crippen LogP contribution in [0.5, 0.6) is 0 Å². The van der Waals surface area contributed by atoms with E-state index in [0.717, 1.165) is 0 Å². The minimum Gasteiger partial charge on any atom is -0.460 e. The van der Waals surface area contributed by atoms with E-state index in [1.807, 2.05) is 0 Å². The van der Waals surface area contributed by atoms with E-state index in [9.17, 15) is 14.4 Å². The number of esters is 3. The third-order valence-electron chi connectivity index (χ3n) is 2.89. The second-order valence-electron chi connectivity index (χ2n) is 9.50. The predicted molar refractivity (Wildman–Crippen MR) is 103 cm³/mol. The zero-order chi connectivity index (χ0) is 21.5. The molecule has 0 aliphatic rings. The van der Waals surface area contributed by atoms with Crippen molar-refractivity contribution in [2.24, 2.45) is 0 Å². The molecule has 0 aromatic rings. The summed E-state index contributed by atoms with van der Waals surface area (Å²) < 4.78 is 15.9. The van der Waals surface area contributed by atoms with Gasteiger partial charge in [-0.1, -0.05) is 0 Å². The van der Waals surface area contributed by atoms with E-state index in [1.54, 1.807) is 62.3 Å². The minimum absolute atomic E-state index is 0.0701. The Balaban J connectivity index is 4.73. The molecular weight excluding hydrogens is 350 g/mol. The Morgan fingerprint density at radius 2 is 1.11 bits per heavy atom. The second kappa shape index (κ2) is 10.1. The summed E-state index contributed by atoms with van der Waals surface area (Å²) in [6, 6.07) is -0.709. The first kappa shape index (κ1) is 25.4. The van der Waals surface area contributed by atoms with Crippen molar-refractivity contribution in [3.05, 3.63) is 0 Å². The molecule has 1 N–H and O–H groups in total. The van der Waals surface area contributed by atoms with Crippen molar-refractivity contribution in [2.75, 3.05) is 6.54 Å². The maximum Gasteiger partial charge on any atom is 0.323 e. The highest BCUT2D eigenvalue weighted by molar-refractivity contribution is 5.78. The SMILES string of the molecule is CC(C)(C)OC(=O)CCNC(CCC(=O)OC(C)(C)C)C(=O)OC(C)(C)C. The van der Waals surface area contributed by atoms with Gasteiger partial charge in [-0.3, -0.25) is 14.4 Å². The number of hydrogen-bond donors (Lipinski definition) is 1. The molecule has 0 aliphatic carbocycles. The topological polar surface area (TPSA) is 90.9 Å². The van der Waals surface area contributed by atoms with Crippen LogP contribution in [0.3, 0.4) is 0 Å². The van der Waals surface area contributed by atoms with E-state index in [-0.39, 0.29) is 37.7 Å². The van der Waals surface area contributed by atoms with Crippen LogP contribution in [0.25, 0.3) is 0 Å². The third kappa shape index (κ3) is 15.2. The van der Waals surface area contributed by atoms with Crippen LogP contribution < -0.4 is 5.32 Å². The fourth-order valence-electron chi connectivity index (χ4n) is 2.07. The van der Waals surface area contributed by atoms with E-state index >= 15 is 0 Å². The third-order valence-corrected chi connectivity index (χ3v) is 2.89. The van der Waals surface area contributed by atoms with Crippen molar-refractivity contribution in [1.29, 1.82) is 0 Å². The highest BCUT2D eigenvalue weighted by Gasteiger charge is 2.27. The van der Waals surface area contributed by atoms with Gasteiger partial charge in [0.05, 0.1) is 6.42 Å². The molecule has 7 nitrogen and oxygen atoms in total. The van der Waals surface area contributed by atoms with Gasteiger partial charge < -0.3 is 19.5 Å². The molecular formula is C20H37NO6. The van der Waals surface area contributed by atoms with Gasteiger partial charge >= 0.3 is 17.9 Å². The van der Waals surface area contributed by atoms with Crippen LogP contribution in [0, 0.1) is 0 Å². The zero-order valence-corrected chi connectivity index (χ0v) is 18.4. The minimum atomic E-state index is -0.709. The van der Waals surface area contributed by atoms with E-state index < -0.39 is 28.8 Å². The Labute approximate surface area is 163 Å². The van der Waals surface area contributed by atoms with Crippen LogP contribution in [-0.4, -0.2) is 47.3 Å². The number of carbonyl (C=O) groups excluding carboxylic acids is 3. The van der Waals surface area contributed by atoms with Crippen molar-refractivity contribution < 1.29 is 28.6 Å². The van der Waals surface area contributed by atoms with Crippen LogP contribution in [0.1, 0.15) is 81.6 Å². The summed E-state index contributed by atoms with van der Waals surface area (Å²) in [6.07, 6.45) is 0.405. The first-order chi connectivity index (χ1) is 12.0. The van der Waals surface area contributed by atoms with Gasteiger partial charge in [-0.2, -0.15) is 0 Å². The molecule has 0 saturated heterocycles. The fourth-order valence-corrected chi connectivity index (χ4v) is 2.07. The number of carbonyl (C=O) groups is 3. The summed E-state index contributed by atoms with van der Waals surface area (Å²) in [4.78, 5) is 36.2. The Hall–Kier alpha value is -1.63. The van der Waals surface area contributed by atoms with E-state index in [4.69, 9.17) is 14.2 Å². The Morgan fingerprint density at radius 1 is 0.704 bits per heavy atom. The molecule has 27 heavy (non-hydrogen) atoms. The molecule has 0 spiro atoms. The summed E-state index contributed by atoms with van der Waals surface area (Å²) >= 11 is 0. The van der Waals surface area contributed by atoms with Crippen molar-refractivity contribution >= 4 is 17.9 Å². The average Bonchev–Trinajstić information content (AvgIpc) is 2.36. The van der Waals surface area contributed by atoms with Gasteiger partial charge in [-0.05, 0) is 68.7 Å². The lowest BCUT2D eigenvalue weighted by Gasteiger charge is -2.25. The van der Waals surface area contributed by atoms with Crippen LogP contribution >= 0.6 is 0 Å². The largest absolute Gasteiger partial charge is 0.460 e. The van der Waals surface area contributed by atoms with Crippen LogP contribution in [0.4, 0.5) is 0 Å². The smallest absolute Gasteiger partial charge is 0.323 e. The molecule has 1 atom stereocenters. The lowest BCUT2D eigenvalue weighted by molar-refractivity contribution is -0.160. The standard InChI is InChI=1S/C20H37NO6/c1-18(2,3)25-15(22)11-10-14(17(24)27-20(7,8)9)21-13-12-16(23)26-19(4,5)6/h14,21H,10-13H2,1-9H3. The summed E-state index contributed by atoms with van der Waals surface area (Å²) in [6.45, 7) is 16.3. The average molecular weight is 388 g/mol. The molecule has 0 bridgehead atoms. The molecule has 0 amide bonds. The highest BCUT2D eigenvalue weighted by atomic mass is 16.6. The van der Waals surface area contributed by atoms with Gasteiger partial charge in [0.25, 0.3) is 0 Å². The van der Waals surface area contributed by atoms with Gasteiger partial charge in [0, 0.05) is 13.0 Å². The quantitative estimate of drug-likeness (QED) is 0.505. The van der Waals surface area contributed by atoms with Gasteiger partial charge in [-0.15, -0.1) is 0 Å². The molecule has 0 aromatic heterocycles. The first-order valence-electron chi connectivity index (χ1n) is 9.38. The molecule has 1 unspecified atom stereocenters. The van der Waals surface area contributed by atoms with Crippen molar-refractivity contribution in [2.45, 2.75) is 104 Å². The molecule has 0 fully saturated rings. The second-order valence-corrected chi connectivity index (χ2v) is 9.50. The highest BCUT2D eigenvalue weighted by Crippen LogP contribution is 2.14. The number of rotatable bonds is 8. The molecule has 7 heteroatoms. The van der Waals surface area contributed by atoms with E-state index in [0.29, 0.717) is 0 Å². The molecule has 0 heterocycles. The van der Waals surface area contributed by atoms with E-state index in [1.165, 1.54) is 0 Å². The van der Waals surface area contributed by atoms with Gasteiger partial charge in [0.2, 0.25) is 0 Å². The van der Waals surface area contributed by atoms with Crippen molar-refractivity contribution in [1.82, 2.24) is 5.32 Å². The lowest BCUT2D eigenvalue weighted by atomic mass is 10.1. The lowest BCUT2D eigenvalue weighted by Crippen LogP contribution is -2.43. The maximum absolute atomic E-state index is 12.4. The molecule has 158 valence electrons. The van der Waals surface area contributed by atoms with Crippen LogP contribution in [0.2, 0.25) is 0 Å². The first-order valence-corrected chi connectivity index (χ1v) is 9.38. The summed E-state index contributed by atoms with van der Waals surface area (Å²) in [5.74, 6) is -1.20. The molecule has 0 aliphatic heterocycles. The van der Waals surface area contributed by atoms with Crippen LogP contribution in [0.15, 0.2) is 0 Å². The van der Waals surface area contributed by atoms with Gasteiger partial charge in [-0.25, -0.2) is 0 Å². The van der Waals surface area contributed by atoms with Crippen LogP contribution in [-0.2, 0) is 28.6 Å². The molecule has 0 radical (unpaired) electrons. The van der Waals surface area contributed by atoms with Gasteiger partial charge in [0.15, 0.2) is 0 Å². The molecule has 0 aromatic carbocycles. The zero-order valence-electron chi connectivity index (χ0n) is 18.4. The maximum atomic E-state index is 12.4. The summed E-state index contributed by atoms with van der Waals surface area (Å²) in [7, 11) is 0. The Kier molecular flexibility index (Phi) is 9.45. The van der Waals surface area contributed by atoms with Crippen molar-refractivity contribution in [3.8, 4) is 0 Å². The molecule has 0 rings (SSSR count). The fraction of sp³-hybridized carbons (Fsp3) is 0.850. The normalized spacial score (nSPS) is 13.7. The number of ether oxygens (including phenoxy) is 3. The number of nitrogens with one attached hydrogen (secondary N) is 1. The predicted octanol–water partition coefficient (Wildman–Crippen LogP) is 3.14. The Bertz CT molecular complexity index is 508. The van der Waals surface area contributed by atoms with Crippen molar-refractivity contribution in [3.63, 3.8) is 0 Å². The Morgan fingerprint density at radius 3 is 1.52 bits per heavy atom. The number of hydrogen-bond acceptors (Lipinski definition) is 7. The summed E-state index contributed by atoms with van der Waals surface area (Å²) in [5, 5.41) is 2.99. The van der Waals surface area contributed by atoms with E-state index in [2.05, 4.69) is 5.32 Å². The summed E-state index contributed by atoms with van der Waals surface area (Å²) in [5.41, 5.74) is -1.78. The van der Waals surface area contributed by atoms with Gasteiger partial charge in [0.1, 0.15) is 22.8 Å². The monoisotopic (exact) mass is 387 g/mol.